The third-order valence-corrected chi connectivity index (χ3v) is 2.34. The molecule has 110 valence electrons. The van der Waals surface area contributed by atoms with Crippen LogP contribution in [0, 0.1) is 0 Å². The third-order valence-electron chi connectivity index (χ3n) is 2.34. The molecule has 0 fully saturated rings. The second kappa shape index (κ2) is 10.6. The predicted octanol–water partition coefficient (Wildman–Crippen LogP) is 1.77. The molecule has 0 saturated heterocycles. The summed E-state index contributed by atoms with van der Waals surface area (Å²) < 4.78 is 9.99. The Morgan fingerprint density at radius 2 is 1.95 bits per heavy atom. The highest BCUT2D eigenvalue weighted by molar-refractivity contribution is 5.69. The normalized spacial score (nSPS) is 12.7. The topological polar surface area (TPSA) is 55.8 Å². The second-order valence-electron chi connectivity index (χ2n) is 4.72. The first kappa shape index (κ1) is 17.6. The molecule has 5 heteroatoms. The lowest BCUT2D eigenvalue weighted by atomic mass is 10.2. The molecule has 0 heterocycles. The molecule has 1 atom stereocenters. The Morgan fingerprint density at radius 3 is 2.53 bits per heavy atom. The summed E-state index contributed by atoms with van der Waals surface area (Å²) in [5.74, 6) is -0.465. The van der Waals surface area contributed by atoms with Crippen LogP contribution in [0.4, 0.5) is 0 Å². The maximum Gasteiger partial charge on any atom is 0.306 e. The van der Waals surface area contributed by atoms with Crippen LogP contribution >= 0.6 is 0 Å². The van der Waals surface area contributed by atoms with Crippen molar-refractivity contribution in [3.05, 3.63) is 12.2 Å². The molecule has 0 bridgehead atoms. The lowest BCUT2D eigenvalue weighted by Crippen LogP contribution is -2.17. The number of hydrogen-bond donors (Lipinski definition) is 0. The van der Waals surface area contributed by atoms with Crippen LogP contribution in [0.5, 0.6) is 0 Å². The largest absolute Gasteiger partial charge is 0.462 e. The fourth-order valence-electron chi connectivity index (χ4n) is 1.39. The van der Waals surface area contributed by atoms with E-state index in [1.54, 1.807) is 6.08 Å². The van der Waals surface area contributed by atoms with Crippen LogP contribution in [0.25, 0.3) is 0 Å². The Morgan fingerprint density at radius 1 is 1.26 bits per heavy atom. The maximum atomic E-state index is 11.5. The molecular formula is C14H25NO4. The van der Waals surface area contributed by atoms with Gasteiger partial charge in [-0.25, -0.2) is 0 Å². The molecule has 0 spiro atoms. The molecule has 19 heavy (non-hydrogen) atoms. The zero-order valence-corrected chi connectivity index (χ0v) is 12.3. The summed E-state index contributed by atoms with van der Waals surface area (Å²) in [6.07, 6.45) is 5.32. The first-order chi connectivity index (χ1) is 8.91. The lowest BCUT2D eigenvalue weighted by molar-refractivity contribution is -0.148. The lowest BCUT2D eigenvalue weighted by Gasteiger charge is -2.12. The molecule has 0 aliphatic carbocycles. The van der Waals surface area contributed by atoms with Gasteiger partial charge in [-0.15, -0.1) is 0 Å². The van der Waals surface area contributed by atoms with Gasteiger partial charge in [-0.2, -0.15) is 0 Å². The van der Waals surface area contributed by atoms with Crippen LogP contribution in [0.2, 0.25) is 0 Å². The van der Waals surface area contributed by atoms with Crippen LogP contribution in [-0.2, 0) is 19.1 Å². The number of nitrogens with zero attached hydrogens (tertiary/aromatic N) is 1. The summed E-state index contributed by atoms with van der Waals surface area (Å²) in [5, 5.41) is 0. The average molecular weight is 271 g/mol. The minimum Gasteiger partial charge on any atom is -0.462 e. The molecule has 0 radical (unpaired) electrons. The molecule has 1 unspecified atom stereocenters. The van der Waals surface area contributed by atoms with E-state index < -0.39 is 0 Å². The molecule has 0 aromatic rings. The van der Waals surface area contributed by atoms with Crippen LogP contribution in [0.15, 0.2) is 12.2 Å². The highest BCUT2D eigenvalue weighted by Crippen LogP contribution is 2.03. The van der Waals surface area contributed by atoms with Gasteiger partial charge in [0.1, 0.15) is 12.7 Å². The minimum atomic E-state index is -0.301. The zero-order valence-electron chi connectivity index (χ0n) is 12.3. The van der Waals surface area contributed by atoms with E-state index in [0.29, 0.717) is 12.8 Å². The van der Waals surface area contributed by atoms with E-state index in [1.807, 2.05) is 32.0 Å². The van der Waals surface area contributed by atoms with Gasteiger partial charge in [-0.3, -0.25) is 9.59 Å². The van der Waals surface area contributed by atoms with Crippen molar-refractivity contribution in [2.75, 3.05) is 27.2 Å². The average Bonchev–Trinajstić information content (AvgIpc) is 2.27. The van der Waals surface area contributed by atoms with Crippen molar-refractivity contribution in [1.29, 1.82) is 0 Å². The molecule has 0 aromatic heterocycles. The fourth-order valence-corrected chi connectivity index (χ4v) is 1.39. The number of rotatable bonds is 9. The van der Waals surface area contributed by atoms with Gasteiger partial charge in [0.25, 0.3) is 0 Å². The maximum absolute atomic E-state index is 11.5. The molecule has 0 aliphatic rings. The van der Waals surface area contributed by atoms with Gasteiger partial charge in [-0.1, -0.05) is 12.2 Å². The highest BCUT2D eigenvalue weighted by Gasteiger charge is 2.07. The number of carbonyl (C=O) groups is 2. The first-order valence-electron chi connectivity index (χ1n) is 6.54. The third kappa shape index (κ3) is 12.9. The van der Waals surface area contributed by atoms with Gasteiger partial charge >= 0.3 is 11.9 Å². The molecular weight excluding hydrogens is 246 g/mol. The quantitative estimate of drug-likeness (QED) is 0.472. The molecule has 0 amide bonds. The van der Waals surface area contributed by atoms with Crippen molar-refractivity contribution >= 4 is 11.9 Å². The molecule has 0 N–H and O–H groups in total. The van der Waals surface area contributed by atoms with Crippen molar-refractivity contribution in [2.24, 2.45) is 0 Å². The van der Waals surface area contributed by atoms with Gasteiger partial charge < -0.3 is 14.4 Å². The van der Waals surface area contributed by atoms with Crippen LogP contribution in [-0.4, -0.2) is 50.2 Å². The minimum absolute atomic E-state index is 0.152. The SMILES string of the molecule is CC(=O)OC/C=C\CC(C)OC(=O)CCCN(C)C. The summed E-state index contributed by atoms with van der Waals surface area (Å²) in [6, 6.07) is 0. The standard InChI is InChI=1S/C14H25NO4/c1-12(8-5-6-11-18-13(2)16)19-14(17)9-7-10-15(3)4/h5-6,12H,7-11H2,1-4H3/b6-5-. The Kier molecular flexibility index (Phi) is 9.80. The molecule has 0 aromatic carbocycles. The van der Waals surface area contributed by atoms with Gasteiger partial charge in [0.15, 0.2) is 0 Å². The summed E-state index contributed by atoms with van der Waals surface area (Å²) in [4.78, 5) is 24.0. The van der Waals surface area contributed by atoms with Crippen LogP contribution < -0.4 is 0 Å². The second-order valence-corrected chi connectivity index (χ2v) is 4.72. The van der Waals surface area contributed by atoms with Crippen LogP contribution in [0.1, 0.15) is 33.1 Å². The van der Waals surface area contributed by atoms with Crippen molar-refractivity contribution in [3.8, 4) is 0 Å². The Bertz CT molecular complexity index is 300. The number of carbonyl (C=O) groups excluding carboxylic acids is 2. The monoisotopic (exact) mass is 271 g/mol. The number of esters is 2. The Hall–Kier alpha value is -1.36. The first-order valence-corrected chi connectivity index (χ1v) is 6.54. The van der Waals surface area contributed by atoms with E-state index in [1.165, 1.54) is 6.92 Å². The van der Waals surface area contributed by atoms with Gasteiger partial charge in [0.2, 0.25) is 0 Å². The van der Waals surface area contributed by atoms with E-state index in [0.717, 1.165) is 13.0 Å². The molecule has 0 saturated carbocycles. The molecule has 0 aliphatic heterocycles. The van der Waals surface area contributed by atoms with E-state index in [2.05, 4.69) is 0 Å². The Balaban J connectivity index is 3.64. The van der Waals surface area contributed by atoms with E-state index in [9.17, 15) is 9.59 Å². The van der Waals surface area contributed by atoms with Gasteiger partial charge in [0.05, 0.1) is 0 Å². The summed E-state index contributed by atoms with van der Waals surface area (Å²) in [5.41, 5.74) is 0. The summed E-state index contributed by atoms with van der Waals surface area (Å²) >= 11 is 0. The number of hydrogen-bond acceptors (Lipinski definition) is 5. The summed E-state index contributed by atoms with van der Waals surface area (Å²) in [7, 11) is 3.95. The Labute approximate surface area is 115 Å². The van der Waals surface area contributed by atoms with E-state index in [-0.39, 0.29) is 24.6 Å². The predicted molar refractivity (Wildman–Crippen MR) is 73.7 cm³/mol. The fraction of sp³-hybridized carbons (Fsp3) is 0.714. The molecule has 0 rings (SSSR count). The van der Waals surface area contributed by atoms with Crippen molar-refractivity contribution in [3.63, 3.8) is 0 Å². The molecule has 5 nitrogen and oxygen atoms in total. The zero-order chi connectivity index (χ0) is 14.7. The van der Waals surface area contributed by atoms with E-state index >= 15 is 0 Å². The number of ether oxygens (including phenoxy) is 2. The highest BCUT2D eigenvalue weighted by atomic mass is 16.5. The van der Waals surface area contributed by atoms with Crippen molar-refractivity contribution in [2.45, 2.75) is 39.2 Å². The van der Waals surface area contributed by atoms with E-state index in [4.69, 9.17) is 9.47 Å². The smallest absolute Gasteiger partial charge is 0.306 e. The van der Waals surface area contributed by atoms with Gasteiger partial charge in [-0.05, 0) is 34.0 Å². The van der Waals surface area contributed by atoms with Crippen LogP contribution in [0.3, 0.4) is 0 Å². The van der Waals surface area contributed by atoms with Crippen molar-refractivity contribution < 1.29 is 19.1 Å². The van der Waals surface area contributed by atoms with Gasteiger partial charge in [0, 0.05) is 19.8 Å². The van der Waals surface area contributed by atoms with Crippen molar-refractivity contribution in [1.82, 2.24) is 4.90 Å². The summed E-state index contributed by atoms with van der Waals surface area (Å²) in [6.45, 7) is 4.36.